The lowest BCUT2D eigenvalue weighted by molar-refractivity contribution is 1.07. The van der Waals surface area contributed by atoms with Crippen LogP contribution in [0.25, 0.3) is 250 Å². The van der Waals surface area contributed by atoms with Crippen molar-refractivity contribution in [3.8, 4) is 169 Å². The van der Waals surface area contributed by atoms with Crippen LogP contribution < -0.4 is 0 Å². The minimum Gasteiger partial charge on any atom is -0.292 e. The molecule has 26 aromatic rings. The van der Waals surface area contributed by atoms with Crippen LogP contribution in [0, 0.1) is 11.3 Å². The molecule has 0 saturated heterocycles. The van der Waals surface area contributed by atoms with E-state index in [1.54, 1.807) is 0 Å². The Bertz CT molecular complexity index is 9150. The third-order valence-electron chi connectivity index (χ3n) is 26.6. The first-order valence-corrected chi connectivity index (χ1v) is 47.4. The first-order valence-electron chi connectivity index (χ1n) is 47.4. The van der Waals surface area contributed by atoms with Crippen molar-refractivity contribution >= 4 is 86.4 Å². The molecule has 0 saturated carbocycles. The van der Waals surface area contributed by atoms with Crippen molar-refractivity contribution in [3.05, 3.63) is 521 Å². The van der Waals surface area contributed by atoms with E-state index in [1.807, 2.05) is 164 Å². The fourth-order valence-corrected chi connectivity index (χ4v) is 19.7. The molecule has 26 rings (SSSR count). The van der Waals surface area contributed by atoms with Crippen molar-refractivity contribution in [2.45, 2.75) is 0 Å². The number of fused-ring (bicyclic) bond motifs is 11. The molecule has 0 unspecified atom stereocenters. The first kappa shape index (κ1) is 84.8. The van der Waals surface area contributed by atoms with Crippen molar-refractivity contribution in [2.75, 3.05) is 0 Å². The fraction of sp³-hybridized carbons (Fsp3) is 0. The predicted molar refractivity (Wildman–Crippen MR) is 584 cm³/mol. The largest absolute Gasteiger partial charge is 0.292 e. The maximum absolute atomic E-state index is 9.30. The van der Waals surface area contributed by atoms with E-state index in [0.717, 1.165) is 100 Å². The molecule has 0 aliphatic heterocycles. The third kappa shape index (κ3) is 17.0. The summed E-state index contributed by atoms with van der Waals surface area (Å²) >= 11 is 0. The SMILES string of the molecule is N#Cc1cccc(-c2cccc(-c3cccc(-c4nc(-c5ccccc5)nc(-c5ccccc5)n4)c3)c2)c1.c1ccc(-c2nc(-c3ccccc3)nc(-c3cccc(-c4cccc(-c5ccc6c7ccccc7c7ccccc7c6c5)c4)c3)n2)cc1.c1ccc(-n2c(-c3ccc(-c4ccc5c(-c6ccc7ccccc7c6)c6ccccc6c(-c6ccc7ccccc7c6)c5c4)cc3)nc3ccccc32)cc1. The first-order chi connectivity index (χ1) is 69.8. The number of imidazole rings is 1. The highest BCUT2D eigenvalue weighted by Gasteiger charge is 2.23. The highest BCUT2D eigenvalue weighted by Crippen LogP contribution is 2.48. The van der Waals surface area contributed by atoms with Gasteiger partial charge in [-0.25, -0.2) is 34.9 Å². The van der Waals surface area contributed by atoms with Gasteiger partial charge in [-0.05, 0) is 238 Å². The maximum atomic E-state index is 9.30. The average molecular weight is 1800 g/mol. The van der Waals surface area contributed by atoms with Crippen LogP contribution in [0.4, 0.5) is 0 Å². The van der Waals surface area contributed by atoms with E-state index in [0.29, 0.717) is 40.5 Å². The zero-order chi connectivity index (χ0) is 93.9. The standard InChI is InChI=1S/C53H34N2.C45H29N3.C34H22N4/c1-2-16-44(17-3-1)55-50-21-11-10-20-49(50)54-53(55)38-26-22-37(23-27-38)41-30-31-47-48(34-41)52(43-29-25-36-13-5-7-15-40(36)33-43)46-19-9-8-18-45(46)51(47)42-28-24-35-12-4-6-14-39(35)32-42;1-3-13-30(14-4-1)43-46-44(31-15-5-2-6-16-31)48-45(47-43)36-20-12-19-34(28-36)32-17-11-18-33(27-32)35-25-26-41-39-23-8-7-21-37(39)38-22-9-10-24-40(38)42(41)29-35;35-23-24-10-7-15-27(20-24)28-16-8-17-29(21-28)30-18-9-19-31(22-30)34-37-32(25-11-3-1-4-12-25)36-33(38-34)26-13-5-2-6-14-26/h1-34H;1-29H;1-22H. The number of nitrogens with zero attached hydrogens (tertiary/aromatic N) is 9. The zero-order valence-corrected chi connectivity index (χ0v) is 76.6. The molecule has 0 aliphatic carbocycles. The Morgan fingerprint density at radius 3 is 0.894 bits per heavy atom. The highest BCUT2D eigenvalue weighted by molar-refractivity contribution is 6.26. The number of para-hydroxylation sites is 3. The van der Waals surface area contributed by atoms with Gasteiger partial charge in [0.1, 0.15) is 5.82 Å². The van der Waals surface area contributed by atoms with Crippen LogP contribution in [0.5, 0.6) is 0 Å². The van der Waals surface area contributed by atoms with Gasteiger partial charge in [-0.15, -0.1) is 0 Å². The Labute approximate surface area is 816 Å². The van der Waals surface area contributed by atoms with Gasteiger partial charge < -0.3 is 0 Å². The number of benzene rings is 23. The summed E-state index contributed by atoms with van der Waals surface area (Å²) in [4.78, 5) is 34.4. The van der Waals surface area contributed by atoms with E-state index in [9.17, 15) is 5.26 Å². The molecule has 0 spiro atoms. The lowest BCUT2D eigenvalue weighted by Crippen LogP contribution is -2.00. The Kier molecular flexibility index (Phi) is 22.6. The second-order valence-corrected chi connectivity index (χ2v) is 35.3. The summed E-state index contributed by atoms with van der Waals surface area (Å²) in [6, 6.07) is 183. The van der Waals surface area contributed by atoms with Gasteiger partial charge in [0.2, 0.25) is 0 Å². The number of hydrogen-bond acceptors (Lipinski definition) is 8. The molecule has 0 atom stereocenters. The van der Waals surface area contributed by atoms with E-state index in [-0.39, 0.29) is 0 Å². The van der Waals surface area contributed by atoms with Crippen molar-refractivity contribution in [1.29, 1.82) is 5.26 Å². The molecule has 0 fully saturated rings. The Balaban J connectivity index is 0.000000116. The lowest BCUT2D eigenvalue weighted by atomic mass is 9.84. The van der Waals surface area contributed by atoms with Crippen LogP contribution in [0.1, 0.15) is 5.56 Å². The summed E-state index contributed by atoms with van der Waals surface area (Å²) in [5.74, 6) is 4.79. The van der Waals surface area contributed by atoms with E-state index in [1.165, 1.54) is 114 Å². The van der Waals surface area contributed by atoms with Gasteiger partial charge in [0.05, 0.1) is 22.7 Å². The molecule has 23 aromatic carbocycles. The Morgan fingerprint density at radius 1 is 0.163 bits per heavy atom. The summed E-state index contributed by atoms with van der Waals surface area (Å²) in [5, 5.41) is 27.0. The van der Waals surface area contributed by atoms with E-state index >= 15 is 0 Å². The summed E-state index contributed by atoms with van der Waals surface area (Å²) < 4.78 is 2.26. The quantitative estimate of drug-likeness (QED) is 0.0735. The topological polar surface area (TPSA) is 119 Å². The number of aromatic nitrogens is 8. The van der Waals surface area contributed by atoms with Crippen molar-refractivity contribution < 1.29 is 0 Å². The van der Waals surface area contributed by atoms with E-state index in [4.69, 9.17) is 34.9 Å². The molecular weight excluding hydrogens is 1710 g/mol. The molecule has 0 amide bonds. The van der Waals surface area contributed by atoms with Crippen LogP contribution in [-0.2, 0) is 0 Å². The van der Waals surface area contributed by atoms with Gasteiger partial charge >= 0.3 is 0 Å². The third-order valence-corrected chi connectivity index (χ3v) is 26.6. The molecule has 0 aliphatic rings. The van der Waals surface area contributed by atoms with Gasteiger partial charge in [0, 0.05) is 44.6 Å². The van der Waals surface area contributed by atoms with Crippen LogP contribution >= 0.6 is 0 Å². The molecule has 141 heavy (non-hydrogen) atoms. The molecular formula is C132H85N9. The summed E-state index contributed by atoms with van der Waals surface area (Å²) in [6.07, 6.45) is 0. The monoisotopic (exact) mass is 1800 g/mol. The molecule has 0 bridgehead atoms. The van der Waals surface area contributed by atoms with Crippen LogP contribution in [0.15, 0.2) is 516 Å². The molecule has 3 heterocycles. The molecule has 658 valence electrons. The minimum absolute atomic E-state index is 0.623. The summed E-state index contributed by atoms with van der Waals surface area (Å²) in [6.45, 7) is 0. The smallest absolute Gasteiger partial charge is 0.164 e. The van der Waals surface area contributed by atoms with Gasteiger partial charge in [-0.2, -0.15) is 5.26 Å². The van der Waals surface area contributed by atoms with Crippen LogP contribution in [-0.4, -0.2) is 39.5 Å². The van der Waals surface area contributed by atoms with E-state index in [2.05, 4.69) is 362 Å². The normalized spacial score (nSPS) is 11.3. The molecule has 0 N–H and O–H groups in total. The van der Waals surface area contributed by atoms with Crippen LogP contribution in [0.3, 0.4) is 0 Å². The molecule has 0 radical (unpaired) electrons. The second-order valence-electron chi connectivity index (χ2n) is 35.3. The van der Waals surface area contributed by atoms with Gasteiger partial charge in [0.15, 0.2) is 34.9 Å². The van der Waals surface area contributed by atoms with Crippen molar-refractivity contribution in [2.24, 2.45) is 0 Å². The van der Waals surface area contributed by atoms with Crippen molar-refractivity contribution in [1.82, 2.24) is 39.5 Å². The van der Waals surface area contributed by atoms with E-state index < -0.39 is 0 Å². The molecule has 3 aromatic heterocycles. The molecule has 9 nitrogen and oxygen atoms in total. The van der Waals surface area contributed by atoms with Gasteiger partial charge in [-0.3, -0.25) is 4.57 Å². The number of hydrogen-bond donors (Lipinski definition) is 0. The van der Waals surface area contributed by atoms with Crippen LogP contribution in [0.2, 0.25) is 0 Å². The van der Waals surface area contributed by atoms with Gasteiger partial charge in [0.25, 0.3) is 0 Å². The lowest BCUT2D eigenvalue weighted by Gasteiger charge is -2.19. The zero-order valence-electron chi connectivity index (χ0n) is 76.6. The van der Waals surface area contributed by atoms with Gasteiger partial charge in [-0.1, -0.05) is 431 Å². The average Bonchev–Trinajstić information content (AvgIpc) is 1.04. The minimum atomic E-state index is 0.623. The maximum Gasteiger partial charge on any atom is 0.164 e. The second kappa shape index (κ2) is 37.6. The Morgan fingerprint density at radius 2 is 0.447 bits per heavy atom. The molecule has 9 heteroatoms. The predicted octanol–water partition coefficient (Wildman–Crippen LogP) is 34.1. The summed E-state index contributed by atoms with van der Waals surface area (Å²) in [5.41, 5.74) is 26.7. The van der Waals surface area contributed by atoms with Crippen molar-refractivity contribution in [3.63, 3.8) is 0 Å². The highest BCUT2D eigenvalue weighted by atomic mass is 15.1. The Hall–Kier alpha value is -19.1. The number of nitriles is 1. The fourth-order valence-electron chi connectivity index (χ4n) is 19.7. The number of rotatable bonds is 15. The summed E-state index contributed by atoms with van der Waals surface area (Å²) in [7, 11) is 0.